The monoisotopic (exact) mass is 355 g/mol. The zero-order chi connectivity index (χ0) is 18.6. The fourth-order valence-corrected chi connectivity index (χ4v) is 2.57. The first-order valence-corrected chi connectivity index (χ1v) is 8.89. The molecule has 0 atom stereocenters. The van der Waals surface area contributed by atoms with E-state index in [1.165, 1.54) is 0 Å². The summed E-state index contributed by atoms with van der Waals surface area (Å²) in [6, 6.07) is 16.8. The van der Waals surface area contributed by atoms with Gasteiger partial charge in [-0.15, -0.1) is 0 Å². The number of oxime groups is 1. The minimum absolute atomic E-state index is 0.227. The molecule has 2 rings (SSSR count). The van der Waals surface area contributed by atoms with E-state index >= 15 is 0 Å². The van der Waals surface area contributed by atoms with Crippen molar-refractivity contribution in [3.8, 4) is 5.75 Å². The first-order chi connectivity index (χ1) is 12.6. The molecule has 0 saturated carbocycles. The van der Waals surface area contributed by atoms with Gasteiger partial charge in [-0.05, 0) is 42.5 Å². The van der Waals surface area contributed by atoms with Gasteiger partial charge in [0, 0.05) is 6.42 Å². The summed E-state index contributed by atoms with van der Waals surface area (Å²) in [6.45, 7) is 0.342. The Bertz CT molecular complexity index is 696. The summed E-state index contributed by atoms with van der Waals surface area (Å²) >= 11 is 0. The van der Waals surface area contributed by atoms with Gasteiger partial charge in [-0.3, -0.25) is 4.79 Å². The summed E-state index contributed by atoms with van der Waals surface area (Å²) in [4.78, 5) is 16.0. The highest BCUT2D eigenvalue weighted by molar-refractivity contribution is 6.00. The molecule has 0 fully saturated rings. The first-order valence-electron chi connectivity index (χ1n) is 8.89. The number of hydrogen-bond donors (Lipinski definition) is 2. The zero-order valence-electron chi connectivity index (χ0n) is 14.8. The molecular weight excluding hydrogens is 330 g/mol. The Hall–Kier alpha value is -2.82. The average Bonchev–Trinajstić information content (AvgIpc) is 2.65. The second kappa shape index (κ2) is 10.9. The van der Waals surface area contributed by atoms with Crippen molar-refractivity contribution in [1.82, 2.24) is 0 Å². The normalized spacial score (nSPS) is 11.3. The lowest BCUT2D eigenvalue weighted by atomic mass is 10.0. The topological polar surface area (TPSA) is 79.1 Å². The smallest absolute Gasteiger partial charge is 0.303 e. The molecule has 2 aromatic rings. The minimum Gasteiger partial charge on any atom is -0.508 e. The highest BCUT2D eigenvalue weighted by Gasteiger charge is 2.05. The van der Waals surface area contributed by atoms with Crippen molar-refractivity contribution in [2.75, 3.05) is 0 Å². The van der Waals surface area contributed by atoms with Gasteiger partial charge >= 0.3 is 5.97 Å². The number of phenols is 1. The number of rotatable bonds is 11. The molecule has 0 heterocycles. The quantitative estimate of drug-likeness (QED) is 0.347. The minimum atomic E-state index is -0.737. The summed E-state index contributed by atoms with van der Waals surface area (Å²) in [7, 11) is 0. The summed E-state index contributed by atoms with van der Waals surface area (Å²) in [5.41, 5.74) is 2.86. The van der Waals surface area contributed by atoms with E-state index in [2.05, 4.69) is 5.16 Å². The van der Waals surface area contributed by atoms with E-state index in [-0.39, 0.29) is 12.2 Å². The molecule has 5 nitrogen and oxygen atoms in total. The van der Waals surface area contributed by atoms with Gasteiger partial charge in [0.1, 0.15) is 12.4 Å². The molecule has 0 aliphatic rings. The van der Waals surface area contributed by atoms with E-state index in [0.29, 0.717) is 13.0 Å². The van der Waals surface area contributed by atoms with Crippen molar-refractivity contribution in [2.24, 2.45) is 5.16 Å². The number of benzene rings is 2. The predicted molar refractivity (Wildman–Crippen MR) is 101 cm³/mol. The number of phenolic OH excluding ortho intramolecular Hbond substituents is 1. The molecule has 26 heavy (non-hydrogen) atoms. The van der Waals surface area contributed by atoms with Crippen molar-refractivity contribution >= 4 is 11.7 Å². The SMILES string of the molecule is O=C(O)CCCCCC/C(=N\OCc1ccc(O)cc1)c1ccccc1. The number of unbranched alkanes of at least 4 members (excludes halogenated alkanes) is 3. The number of nitrogens with zero attached hydrogens (tertiary/aromatic N) is 1. The van der Waals surface area contributed by atoms with Crippen molar-refractivity contribution in [3.05, 3.63) is 65.7 Å². The molecule has 0 aliphatic heterocycles. The standard InChI is InChI=1S/C21H25NO4/c23-19-14-12-17(13-15-19)16-26-22-20(18-8-4-3-5-9-18)10-6-1-2-7-11-21(24)25/h3-5,8-9,12-15,23H,1-2,6-7,10-11,16H2,(H,24,25)/b22-20+. The van der Waals surface area contributed by atoms with Crippen LogP contribution in [0.25, 0.3) is 0 Å². The third-order valence-electron chi connectivity index (χ3n) is 4.00. The van der Waals surface area contributed by atoms with E-state index in [0.717, 1.165) is 42.5 Å². The second-order valence-corrected chi connectivity index (χ2v) is 6.15. The van der Waals surface area contributed by atoms with Gasteiger partial charge < -0.3 is 15.1 Å². The third kappa shape index (κ3) is 7.38. The predicted octanol–water partition coefficient (Wildman–Crippen LogP) is 4.74. The van der Waals surface area contributed by atoms with Gasteiger partial charge in [0.05, 0.1) is 5.71 Å². The maximum atomic E-state index is 10.5. The van der Waals surface area contributed by atoms with E-state index in [1.807, 2.05) is 30.3 Å². The van der Waals surface area contributed by atoms with Crippen molar-refractivity contribution in [2.45, 2.75) is 45.1 Å². The number of carboxylic acids is 1. The molecule has 0 aliphatic carbocycles. The van der Waals surface area contributed by atoms with Gasteiger partial charge in [-0.1, -0.05) is 60.5 Å². The maximum Gasteiger partial charge on any atom is 0.303 e. The highest BCUT2D eigenvalue weighted by Crippen LogP contribution is 2.13. The Morgan fingerprint density at radius 1 is 0.885 bits per heavy atom. The fourth-order valence-electron chi connectivity index (χ4n) is 2.57. The second-order valence-electron chi connectivity index (χ2n) is 6.15. The van der Waals surface area contributed by atoms with Crippen LogP contribution in [0.4, 0.5) is 0 Å². The molecular formula is C21H25NO4. The molecule has 138 valence electrons. The third-order valence-corrected chi connectivity index (χ3v) is 4.00. The van der Waals surface area contributed by atoms with Gasteiger partial charge in [-0.25, -0.2) is 0 Å². The Morgan fingerprint density at radius 3 is 2.19 bits per heavy atom. The van der Waals surface area contributed by atoms with Crippen LogP contribution in [0.1, 0.15) is 49.7 Å². The van der Waals surface area contributed by atoms with Crippen molar-refractivity contribution in [1.29, 1.82) is 0 Å². The van der Waals surface area contributed by atoms with Crippen molar-refractivity contribution in [3.63, 3.8) is 0 Å². The zero-order valence-corrected chi connectivity index (χ0v) is 14.8. The Labute approximate surface area is 153 Å². The van der Waals surface area contributed by atoms with E-state index in [4.69, 9.17) is 9.94 Å². The summed E-state index contributed by atoms with van der Waals surface area (Å²) in [5, 5.41) is 22.3. The van der Waals surface area contributed by atoms with E-state index in [1.54, 1.807) is 24.3 Å². The van der Waals surface area contributed by atoms with Crippen molar-refractivity contribution < 1.29 is 19.8 Å². The number of hydrogen-bond acceptors (Lipinski definition) is 4. The lowest BCUT2D eigenvalue weighted by Crippen LogP contribution is -2.03. The van der Waals surface area contributed by atoms with Crippen LogP contribution in [0.5, 0.6) is 5.75 Å². The molecule has 0 saturated heterocycles. The Balaban J connectivity index is 1.87. The molecule has 5 heteroatoms. The molecule has 2 aromatic carbocycles. The average molecular weight is 355 g/mol. The molecule has 0 spiro atoms. The number of aliphatic carboxylic acids is 1. The van der Waals surface area contributed by atoms with Crippen LogP contribution in [-0.2, 0) is 16.2 Å². The van der Waals surface area contributed by atoms with Crippen LogP contribution >= 0.6 is 0 Å². The number of aromatic hydroxyl groups is 1. The Morgan fingerprint density at radius 2 is 1.54 bits per heavy atom. The van der Waals surface area contributed by atoms with Crippen LogP contribution in [0.3, 0.4) is 0 Å². The molecule has 0 amide bonds. The van der Waals surface area contributed by atoms with Crippen LogP contribution in [0.15, 0.2) is 59.8 Å². The molecule has 0 radical (unpaired) electrons. The lowest BCUT2D eigenvalue weighted by molar-refractivity contribution is -0.137. The van der Waals surface area contributed by atoms with Gasteiger partial charge in [0.2, 0.25) is 0 Å². The van der Waals surface area contributed by atoms with Gasteiger partial charge in [0.25, 0.3) is 0 Å². The molecule has 0 bridgehead atoms. The molecule has 0 aromatic heterocycles. The van der Waals surface area contributed by atoms with Gasteiger partial charge in [-0.2, -0.15) is 0 Å². The summed E-state index contributed by atoms with van der Waals surface area (Å²) in [6.07, 6.45) is 4.54. The first kappa shape index (κ1) is 19.5. The van der Waals surface area contributed by atoms with E-state index in [9.17, 15) is 9.90 Å². The molecule has 0 unspecified atom stereocenters. The largest absolute Gasteiger partial charge is 0.508 e. The number of carboxylic acid groups (broad SMARTS) is 1. The van der Waals surface area contributed by atoms with Crippen LogP contribution in [-0.4, -0.2) is 21.9 Å². The maximum absolute atomic E-state index is 10.5. The summed E-state index contributed by atoms with van der Waals surface area (Å²) < 4.78 is 0. The fraction of sp³-hybridized carbons (Fsp3) is 0.333. The number of carbonyl (C=O) groups is 1. The summed E-state index contributed by atoms with van der Waals surface area (Å²) in [5.74, 6) is -0.510. The van der Waals surface area contributed by atoms with Crippen LogP contribution in [0.2, 0.25) is 0 Å². The van der Waals surface area contributed by atoms with Crippen LogP contribution in [0, 0.1) is 0 Å². The highest BCUT2D eigenvalue weighted by atomic mass is 16.6. The van der Waals surface area contributed by atoms with E-state index < -0.39 is 5.97 Å². The van der Waals surface area contributed by atoms with Gasteiger partial charge in [0.15, 0.2) is 0 Å². The lowest BCUT2D eigenvalue weighted by Gasteiger charge is -2.08. The molecule has 2 N–H and O–H groups in total. The van der Waals surface area contributed by atoms with Crippen LogP contribution < -0.4 is 0 Å². The Kier molecular flexibility index (Phi) is 8.19.